The number of rotatable bonds is 13. The predicted molar refractivity (Wildman–Crippen MR) is 176 cm³/mol. The van der Waals surface area contributed by atoms with Crippen molar-refractivity contribution in [3.63, 3.8) is 0 Å². The van der Waals surface area contributed by atoms with Gasteiger partial charge in [0.15, 0.2) is 0 Å². The maximum atomic E-state index is 13.2. The second kappa shape index (κ2) is 20.6. The number of thiazole rings is 1. The van der Waals surface area contributed by atoms with E-state index in [9.17, 15) is 46.1 Å². The number of aliphatic hydroxyl groups is 1. The Morgan fingerprint density at radius 2 is 1.47 bits per heavy atom. The summed E-state index contributed by atoms with van der Waals surface area (Å²) in [6, 6.07) is 13.3. The van der Waals surface area contributed by atoms with Crippen LogP contribution in [0.25, 0.3) is 10.2 Å². The molecule has 12 nitrogen and oxygen atoms in total. The Labute approximate surface area is 292 Å². The number of nitrogens with zero attached hydrogens (tertiary/aromatic N) is 1. The highest BCUT2D eigenvalue weighted by Crippen LogP contribution is 2.28. The number of phenols is 1. The van der Waals surface area contributed by atoms with Crippen molar-refractivity contribution in [3.8, 4) is 5.75 Å². The predicted octanol–water partition coefficient (Wildman–Crippen LogP) is 4.57. The number of aromatic amines is 1. The minimum atomic E-state index is -5.08. The molecule has 0 radical (unpaired) electrons. The largest absolute Gasteiger partial charge is 0.506 e. The molecule has 51 heavy (non-hydrogen) atoms. The third-order valence-electron chi connectivity index (χ3n) is 7.60. The lowest BCUT2D eigenvalue weighted by molar-refractivity contribution is -0.193. The molecule has 7 N–H and O–H groups in total. The lowest BCUT2D eigenvalue weighted by Gasteiger charge is -2.34. The molecule has 1 aliphatic rings. The molecule has 1 heterocycles. The van der Waals surface area contributed by atoms with Gasteiger partial charge in [0.25, 0.3) is 0 Å². The summed E-state index contributed by atoms with van der Waals surface area (Å²) in [6.07, 6.45) is -3.92. The van der Waals surface area contributed by atoms with Crippen molar-refractivity contribution in [3.05, 3.63) is 63.3 Å². The van der Waals surface area contributed by atoms with Gasteiger partial charge >= 0.3 is 29.2 Å². The van der Waals surface area contributed by atoms with Gasteiger partial charge in [-0.25, -0.2) is 9.59 Å². The van der Waals surface area contributed by atoms with Crippen LogP contribution in [0.3, 0.4) is 0 Å². The minimum absolute atomic E-state index is 0.0933. The number of hydrogen-bond acceptors (Lipinski definition) is 9. The SMILES string of the molecule is O=C(CCNC[C@@H](O)c1ccccc1)N(CCNCCc1ccc(O)c2[nH]c(=O)sc12)C1CCCCC1.O=C(O)C(F)(F)F.O=C(O)C(F)(F)F. The number of carboxylic acid groups (broad SMARTS) is 2. The fourth-order valence-electron chi connectivity index (χ4n) is 5.09. The number of halogens is 6. The molecule has 1 aromatic heterocycles. The molecule has 1 aliphatic carbocycles. The summed E-state index contributed by atoms with van der Waals surface area (Å²) in [4.78, 5) is 47.3. The van der Waals surface area contributed by atoms with E-state index >= 15 is 0 Å². The fourth-order valence-corrected chi connectivity index (χ4v) is 5.99. The van der Waals surface area contributed by atoms with Gasteiger partial charge in [0.1, 0.15) is 11.3 Å². The van der Waals surface area contributed by atoms with Crippen molar-refractivity contribution in [2.75, 3.05) is 32.7 Å². The molecule has 4 rings (SSSR count). The lowest BCUT2D eigenvalue weighted by Crippen LogP contribution is -2.45. The molecule has 1 amide bonds. The first-order valence-electron chi connectivity index (χ1n) is 15.8. The topological polar surface area (TPSA) is 192 Å². The summed E-state index contributed by atoms with van der Waals surface area (Å²) in [6.45, 7) is 3.04. The second-order valence-corrected chi connectivity index (χ2v) is 12.3. The number of carbonyl (C=O) groups excluding carboxylic acids is 1. The molecule has 1 fully saturated rings. The number of alkyl halides is 6. The molecular formula is C32H40F6N4O8S. The maximum absolute atomic E-state index is 13.2. The van der Waals surface area contributed by atoms with E-state index in [0.29, 0.717) is 44.2 Å². The zero-order chi connectivity index (χ0) is 38.2. The molecule has 0 saturated heterocycles. The van der Waals surface area contributed by atoms with Crippen LogP contribution in [0.1, 0.15) is 55.8 Å². The van der Waals surface area contributed by atoms with Gasteiger partial charge in [-0.15, -0.1) is 0 Å². The summed E-state index contributed by atoms with van der Waals surface area (Å²) in [5, 5.41) is 41.2. The summed E-state index contributed by atoms with van der Waals surface area (Å²) in [5.41, 5.74) is 2.40. The number of carboxylic acids is 2. The van der Waals surface area contributed by atoms with Crippen LogP contribution in [0.15, 0.2) is 47.3 Å². The fraction of sp³-hybridized carbons (Fsp3) is 0.500. The van der Waals surface area contributed by atoms with E-state index in [0.717, 1.165) is 53.0 Å². The molecule has 0 spiro atoms. The Hall–Kier alpha value is -4.20. The molecule has 1 atom stereocenters. The molecule has 19 heteroatoms. The highest BCUT2D eigenvalue weighted by atomic mass is 32.1. The van der Waals surface area contributed by atoms with E-state index in [1.807, 2.05) is 36.4 Å². The number of fused-ring (bicyclic) bond motifs is 1. The van der Waals surface area contributed by atoms with Gasteiger partial charge in [-0.1, -0.05) is 67.0 Å². The van der Waals surface area contributed by atoms with Crippen LogP contribution in [-0.2, 0) is 20.8 Å². The maximum Gasteiger partial charge on any atom is 0.490 e. The van der Waals surface area contributed by atoms with Crippen molar-refractivity contribution < 1.29 is 61.2 Å². The van der Waals surface area contributed by atoms with Crippen molar-refractivity contribution in [1.82, 2.24) is 20.5 Å². The number of aliphatic carboxylic acids is 2. The molecule has 0 bridgehead atoms. The number of carbonyl (C=O) groups is 3. The Balaban J connectivity index is 0.000000543. The third kappa shape index (κ3) is 15.3. The van der Waals surface area contributed by atoms with Crippen LogP contribution >= 0.6 is 11.3 Å². The van der Waals surface area contributed by atoms with Crippen LogP contribution in [0.4, 0.5) is 26.3 Å². The van der Waals surface area contributed by atoms with E-state index in [4.69, 9.17) is 19.8 Å². The molecule has 0 unspecified atom stereocenters. The first kappa shape index (κ1) is 43.0. The first-order valence-corrected chi connectivity index (χ1v) is 16.6. The molecule has 0 aliphatic heterocycles. The highest BCUT2D eigenvalue weighted by molar-refractivity contribution is 7.16. The van der Waals surface area contributed by atoms with Crippen molar-refractivity contribution in [2.24, 2.45) is 0 Å². The average molecular weight is 755 g/mol. The zero-order valence-electron chi connectivity index (χ0n) is 27.2. The summed E-state index contributed by atoms with van der Waals surface area (Å²) in [7, 11) is 0. The van der Waals surface area contributed by atoms with Gasteiger partial charge in [-0.3, -0.25) is 9.59 Å². The number of phenolic OH excluding ortho intramolecular Hbond substituents is 1. The quantitative estimate of drug-likeness (QED) is 0.0961. The Bertz CT molecular complexity index is 1570. The van der Waals surface area contributed by atoms with Crippen LogP contribution in [-0.4, -0.2) is 99.3 Å². The number of nitrogens with one attached hydrogen (secondary N) is 3. The minimum Gasteiger partial charge on any atom is -0.506 e. The molecular weight excluding hydrogens is 714 g/mol. The Morgan fingerprint density at radius 3 is 2.04 bits per heavy atom. The van der Waals surface area contributed by atoms with Gasteiger partial charge in [0, 0.05) is 38.6 Å². The third-order valence-corrected chi connectivity index (χ3v) is 8.56. The molecule has 1 saturated carbocycles. The molecule has 284 valence electrons. The van der Waals surface area contributed by atoms with E-state index in [1.165, 1.54) is 19.3 Å². The number of hydrogen-bond donors (Lipinski definition) is 7. The van der Waals surface area contributed by atoms with Gasteiger partial charge < -0.3 is 40.9 Å². The van der Waals surface area contributed by atoms with Crippen LogP contribution in [0.2, 0.25) is 0 Å². The van der Waals surface area contributed by atoms with Crippen molar-refractivity contribution in [2.45, 2.75) is 69.4 Å². The Morgan fingerprint density at radius 1 is 0.882 bits per heavy atom. The monoisotopic (exact) mass is 754 g/mol. The number of aliphatic hydroxyl groups excluding tert-OH is 1. The number of H-pyrrole nitrogens is 1. The lowest BCUT2D eigenvalue weighted by atomic mass is 9.94. The smallest absolute Gasteiger partial charge is 0.490 e. The van der Waals surface area contributed by atoms with Gasteiger partial charge in [-0.2, -0.15) is 26.3 Å². The standard InChI is InChI=1S/C28H38N4O4S.2C2HF3O2/c33-23-12-11-21(27-26(23)31-28(36)37-27)13-15-29-17-18-32(22-9-5-2-6-10-22)25(35)14-16-30-19-24(34)20-7-3-1-4-8-20;2*3-2(4,5)1(6)7/h1,3-4,7-8,11-12,22,24,29-30,33-34H,2,5-6,9-10,13-19H2,(H,31,36);2*(H,6,7)/t24-;;/m1../s1. The Kier molecular flexibility index (Phi) is 17.4. The van der Waals surface area contributed by atoms with Crippen molar-refractivity contribution in [1.29, 1.82) is 0 Å². The highest BCUT2D eigenvalue weighted by Gasteiger charge is 2.39. The van der Waals surface area contributed by atoms with Gasteiger partial charge in [0.2, 0.25) is 5.91 Å². The number of benzene rings is 2. The van der Waals surface area contributed by atoms with Gasteiger partial charge in [-0.05, 0) is 43.0 Å². The van der Waals surface area contributed by atoms with Crippen LogP contribution < -0.4 is 15.5 Å². The summed E-state index contributed by atoms with van der Waals surface area (Å²) < 4.78 is 64.3. The molecule has 3 aromatic rings. The summed E-state index contributed by atoms with van der Waals surface area (Å²) >= 11 is 1.12. The van der Waals surface area contributed by atoms with E-state index in [-0.39, 0.29) is 16.5 Å². The van der Waals surface area contributed by atoms with Crippen LogP contribution in [0, 0.1) is 0 Å². The first-order chi connectivity index (χ1) is 23.9. The normalized spacial score (nSPS) is 14.1. The van der Waals surface area contributed by atoms with Gasteiger partial charge in [0.05, 0.1) is 10.8 Å². The van der Waals surface area contributed by atoms with E-state index < -0.39 is 30.4 Å². The number of amides is 1. The second-order valence-electron chi connectivity index (χ2n) is 11.3. The van der Waals surface area contributed by atoms with E-state index in [1.54, 1.807) is 6.07 Å². The zero-order valence-corrected chi connectivity index (χ0v) is 28.0. The molecule has 2 aromatic carbocycles. The number of aromatic nitrogens is 1. The van der Waals surface area contributed by atoms with E-state index in [2.05, 4.69) is 20.5 Å². The van der Waals surface area contributed by atoms with Crippen LogP contribution in [0.5, 0.6) is 5.75 Å². The van der Waals surface area contributed by atoms with Crippen molar-refractivity contribution >= 4 is 39.4 Å². The number of aromatic hydroxyl groups is 1. The summed E-state index contributed by atoms with van der Waals surface area (Å²) in [5.74, 6) is -5.26. The average Bonchev–Trinajstić information content (AvgIpc) is 3.48.